The smallest absolute Gasteiger partial charge is 0.267 e. The van der Waals surface area contributed by atoms with Crippen molar-refractivity contribution in [2.75, 3.05) is 26.7 Å². The van der Waals surface area contributed by atoms with Crippen molar-refractivity contribution in [1.29, 1.82) is 0 Å². The van der Waals surface area contributed by atoms with Gasteiger partial charge in [-0.15, -0.1) is 0 Å². The Labute approximate surface area is 100 Å². The molecule has 17 heavy (non-hydrogen) atoms. The fourth-order valence-corrected chi connectivity index (χ4v) is 2.67. The van der Waals surface area contributed by atoms with Crippen molar-refractivity contribution in [1.82, 2.24) is 20.0 Å². The molecule has 1 aromatic heterocycles. The predicted molar refractivity (Wildman–Crippen MR) is 65.1 cm³/mol. The zero-order valence-electron chi connectivity index (χ0n) is 10.1. The number of fused-ring (bicyclic) bond motifs is 1. The van der Waals surface area contributed by atoms with E-state index < -0.39 is 0 Å². The molecule has 1 aromatic rings. The lowest BCUT2D eigenvalue weighted by Crippen LogP contribution is -2.34. The third-order valence-corrected chi connectivity index (χ3v) is 3.67. The largest absolute Gasteiger partial charge is 0.315 e. The summed E-state index contributed by atoms with van der Waals surface area (Å²) in [7, 11) is 2.08. The van der Waals surface area contributed by atoms with Crippen LogP contribution in [0.15, 0.2) is 10.9 Å². The SMILES string of the molecule is CN1CCc2nn(C3CCNC3)c(=O)cc2C1. The van der Waals surface area contributed by atoms with Gasteiger partial charge in [0, 0.05) is 32.1 Å². The third-order valence-electron chi connectivity index (χ3n) is 3.67. The molecule has 1 fully saturated rings. The van der Waals surface area contributed by atoms with Gasteiger partial charge in [-0.05, 0) is 25.6 Å². The Bertz CT molecular complexity index is 476. The highest BCUT2D eigenvalue weighted by Gasteiger charge is 2.22. The normalized spacial score (nSPS) is 24.9. The molecular formula is C12H18N4O. The van der Waals surface area contributed by atoms with Crippen molar-refractivity contribution in [2.45, 2.75) is 25.4 Å². The maximum atomic E-state index is 12.0. The molecule has 0 bridgehead atoms. The van der Waals surface area contributed by atoms with E-state index in [0.717, 1.165) is 50.3 Å². The van der Waals surface area contributed by atoms with Gasteiger partial charge in [0.15, 0.2) is 0 Å². The Hall–Kier alpha value is -1.20. The van der Waals surface area contributed by atoms with Crippen LogP contribution in [-0.4, -0.2) is 41.4 Å². The summed E-state index contributed by atoms with van der Waals surface area (Å²) in [5.41, 5.74) is 2.26. The average Bonchev–Trinajstić information content (AvgIpc) is 2.81. The summed E-state index contributed by atoms with van der Waals surface area (Å²) in [5.74, 6) is 0. The molecule has 0 saturated carbocycles. The molecule has 0 amide bonds. The number of rotatable bonds is 1. The highest BCUT2D eigenvalue weighted by atomic mass is 16.1. The average molecular weight is 234 g/mol. The number of nitrogens with zero attached hydrogens (tertiary/aromatic N) is 3. The van der Waals surface area contributed by atoms with Crippen LogP contribution in [-0.2, 0) is 13.0 Å². The second kappa shape index (κ2) is 4.23. The van der Waals surface area contributed by atoms with Crippen molar-refractivity contribution in [3.05, 3.63) is 27.7 Å². The summed E-state index contributed by atoms with van der Waals surface area (Å²) in [6.07, 6.45) is 1.96. The van der Waals surface area contributed by atoms with Gasteiger partial charge in [-0.2, -0.15) is 5.10 Å². The molecule has 5 heteroatoms. The van der Waals surface area contributed by atoms with Gasteiger partial charge in [0.2, 0.25) is 0 Å². The highest BCUT2D eigenvalue weighted by Crippen LogP contribution is 2.16. The fourth-order valence-electron chi connectivity index (χ4n) is 2.67. The van der Waals surface area contributed by atoms with Crippen molar-refractivity contribution >= 4 is 0 Å². The van der Waals surface area contributed by atoms with Crippen LogP contribution in [0.4, 0.5) is 0 Å². The molecule has 0 radical (unpaired) electrons. The molecule has 0 aromatic carbocycles. The Morgan fingerprint density at radius 2 is 2.41 bits per heavy atom. The lowest BCUT2D eigenvalue weighted by molar-refractivity contribution is 0.303. The second-order valence-electron chi connectivity index (χ2n) is 5.03. The molecule has 3 rings (SSSR count). The molecule has 5 nitrogen and oxygen atoms in total. The summed E-state index contributed by atoms with van der Waals surface area (Å²) >= 11 is 0. The van der Waals surface area contributed by atoms with E-state index in [1.807, 2.05) is 0 Å². The van der Waals surface area contributed by atoms with Crippen molar-refractivity contribution in [2.24, 2.45) is 0 Å². The monoisotopic (exact) mass is 234 g/mol. The first kappa shape index (κ1) is 10.9. The van der Waals surface area contributed by atoms with Crippen LogP contribution in [0.25, 0.3) is 0 Å². The van der Waals surface area contributed by atoms with E-state index in [0.29, 0.717) is 0 Å². The van der Waals surface area contributed by atoms with Gasteiger partial charge in [-0.25, -0.2) is 4.68 Å². The zero-order valence-corrected chi connectivity index (χ0v) is 10.1. The lowest BCUT2D eigenvalue weighted by Gasteiger charge is -2.25. The molecule has 0 aliphatic carbocycles. The third kappa shape index (κ3) is 2.00. The summed E-state index contributed by atoms with van der Waals surface area (Å²) in [6.45, 7) is 3.73. The maximum Gasteiger partial charge on any atom is 0.267 e. The van der Waals surface area contributed by atoms with E-state index in [1.165, 1.54) is 0 Å². The lowest BCUT2D eigenvalue weighted by atomic mass is 10.1. The van der Waals surface area contributed by atoms with E-state index in [2.05, 4.69) is 22.4 Å². The molecule has 92 valence electrons. The molecular weight excluding hydrogens is 216 g/mol. The van der Waals surface area contributed by atoms with E-state index in [9.17, 15) is 4.79 Å². The van der Waals surface area contributed by atoms with Gasteiger partial charge >= 0.3 is 0 Å². The van der Waals surface area contributed by atoms with Gasteiger partial charge in [0.1, 0.15) is 0 Å². The zero-order chi connectivity index (χ0) is 11.8. The summed E-state index contributed by atoms with van der Waals surface area (Å²) in [4.78, 5) is 14.3. The fraction of sp³-hybridized carbons (Fsp3) is 0.667. The molecule has 3 heterocycles. The van der Waals surface area contributed by atoms with Gasteiger partial charge < -0.3 is 10.2 Å². The Morgan fingerprint density at radius 1 is 1.53 bits per heavy atom. The van der Waals surface area contributed by atoms with Gasteiger partial charge in [0.25, 0.3) is 5.56 Å². The van der Waals surface area contributed by atoms with Crippen LogP contribution < -0.4 is 10.9 Å². The van der Waals surface area contributed by atoms with Gasteiger partial charge in [-0.1, -0.05) is 0 Å². The quantitative estimate of drug-likeness (QED) is 0.729. The number of hydrogen-bond acceptors (Lipinski definition) is 4. The predicted octanol–water partition coefficient (Wildman–Crippen LogP) is -0.234. The molecule has 1 saturated heterocycles. The first-order chi connectivity index (χ1) is 8.24. The highest BCUT2D eigenvalue weighted by molar-refractivity contribution is 5.20. The van der Waals surface area contributed by atoms with Gasteiger partial charge in [-0.3, -0.25) is 4.79 Å². The first-order valence-corrected chi connectivity index (χ1v) is 6.25. The Balaban J connectivity index is 1.98. The number of aromatic nitrogens is 2. The minimum absolute atomic E-state index is 0.0488. The van der Waals surface area contributed by atoms with Crippen molar-refractivity contribution in [3.63, 3.8) is 0 Å². The Kier molecular flexibility index (Phi) is 2.72. The van der Waals surface area contributed by atoms with Crippen LogP contribution in [0.2, 0.25) is 0 Å². The van der Waals surface area contributed by atoms with Gasteiger partial charge in [0.05, 0.1) is 11.7 Å². The minimum atomic E-state index is 0.0488. The first-order valence-electron chi connectivity index (χ1n) is 6.25. The van der Waals surface area contributed by atoms with Crippen LogP contribution in [0.3, 0.4) is 0 Å². The summed E-state index contributed by atoms with van der Waals surface area (Å²) in [5, 5.41) is 7.84. The van der Waals surface area contributed by atoms with Crippen molar-refractivity contribution in [3.8, 4) is 0 Å². The molecule has 2 aliphatic heterocycles. The molecule has 2 aliphatic rings. The van der Waals surface area contributed by atoms with Crippen LogP contribution in [0.5, 0.6) is 0 Å². The number of likely N-dealkylation sites (N-methyl/N-ethyl adjacent to an activating group) is 1. The van der Waals surface area contributed by atoms with E-state index in [4.69, 9.17) is 0 Å². The molecule has 1 unspecified atom stereocenters. The van der Waals surface area contributed by atoms with Crippen molar-refractivity contribution < 1.29 is 0 Å². The second-order valence-corrected chi connectivity index (χ2v) is 5.03. The summed E-state index contributed by atoms with van der Waals surface area (Å²) in [6, 6.07) is 2.02. The van der Waals surface area contributed by atoms with E-state index >= 15 is 0 Å². The van der Waals surface area contributed by atoms with E-state index in [-0.39, 0.29) is 11.6 Å². The molecule has 1 atom stereocenters. The summed E-state index contributed by atoms with van der Waals surface area (Å²) < 4.78 is 1.68. The topological polar surface area (TPSA) is 50.2 Å². The van der Waals surface area contributed by atoms with Crippen LogP contribution in [0, 0.1) is 0 Å². The molecule has 1 N–H and O–H groups in total. The van der Waals surface area contributed by atoms with Crippen LogP contribution in [0.1, 0.15) is 23.7 Å². The Morgan fingerprint density at radius 3 is 3.18 bits per heavy atom. The van der Waals surface area contributed by atoms with E-state index in [1.54, 1.807) is 10.7 Å². The molecule has 0 spiro atoms. The number of hydrogen-bond donors (Lipinski definition) is 1. The standard InChI is InChI=1S/C12H18N4O/c1-15-5-3-11-9(8-15)6-12(17)16(14-11)10-2-4-13-7-10/h6,10,13H,2-5,7-8H2,1H3. The number of nitrogens with one attached hydrogen (secondary N) is 1. The van der Waals surface area contributed by atoms with Crippen LogP contribution >= 0.6 is 0 Å². The minimum Gasteiger partial charge on any atom is -0.315 e. The maximum absolute atomic E-state index is 12.0.